The number of nitriles is 1. The van der Waals surface area contributed by atoms with Gasteiger partial charge in [0, 0.05) is 5.56 Å². The van der Waals surface area contributed by atoms with Crippen LogP contribution in [0, 0.1) is 17.1 Å². The number of nitrogens with zero attached hydrogens (tertiary/aromatic N) is 1. The lowest BCUT2D eigenvalue weighted by atomic mass is 9.97. The Hall–Kier alpha value is -1.36. The average Bonchev–Trinajstić information content (AvgIpc) is 2.03. The highest BCUT2D eigenvalue weighted by molar-refractivity contribution is 5.40. The van der Waals surface area contributed by atoms with Gasteiger partial charge in [-0.15, -0.1) is 0 Å². The van der Waals surface area contributed by atoms with Crippen LogP contribution in [0.2, 0.25) is 0 Å². The first-order valence-electron chi connectivity index (χ1n) is 3.85. The summed E-state index contributed by atoms with van der Waals surface area (Å²) in [6.07, 6.45) is 0. The quantitative estimate of drug-likeness (QED) is 0.624. The molecule has 0 atom stereocenters. The minimum absolute atomic E-state index is 0.0563. The van der Waals surface area contributed by atoms with Crippen molar-refractivity contribution in [2.45, 2.75) is 19.8 Å². The zero-order chi connectivity index (χ0) is 9.14. The molecule has 62 valence electrons. The summed E-state index contributed by atoms with van der Waals surface area (Å²) in [6.45, 7) is 3.75. The zero-order valence-corrected chi connectivity index (χ0v) is 7.13. The minimum atomic E-state index is -0.288. The fraction of sp³-hybridized carbons (Fsp3) is 0.300. The highest BCUT2D eigenvalue weighted by Gasteiger charge is 2.10. The predicted octanol–water partition coefficient (Wildman–Crippen LogP) is 2.82. The summed E-state index contributed by atoms with van der Waals surface area (Å²) in [5.41, 5.74) is 0.949. The van der Waals surface area contributed by atoms with Crippen LogP contribution in [0.15, 0.2) is 18.2 Å². The minimum Gasteiger partial charge on any atom is -0.207 e. The second-order valence-corrected chi connectivity index (χ2v) is 2.97. The maximum atomic E-state index is 13.1. The van der Waals surface area contributed by atoms with E-state index in [0.29, 0.717) is 11.1 Å². The number of hydrogen-bond donors (Lipinski definition) is 0. The van der Waals surface area contributed by atoms with Crippen LogP contribution in [-0.4, -0.2) is 0 Å². The zero-order valence-electron chi connectivity index (χ0n) is 7.13. The van der Waals surface area contributed by atoms with Gasteiger partial charge >= 0.3 is 0 Å². The molecule has 0 spiro atoms. The van der Waals surface area contributed by atoms with E-state index in [1.807, 2.05) is 19.9 Å². The number of rotatable bonds is 1. The molecule has 0 N–H and O–H groups in total. The van der Waals surface area contributed by atoms with Crippen LogP contribution in [0.25, 0.3) is 0 Å². The molecule has 0 saturated carbocycles. The smallest absolute Gasteiger partial charge is 0.127 e. The Morgan fingerprint density at radius 2 is 2.08 bits per heavy atom. The summed E-state index contributed by atoms with van der Waals surface area (Å²) in [6, 6.07) is 6.56. The van der Waals surface area contributed by atoms with E-state index >= 15 is 0 Å². The van der Waals surface area contributed by atoms with Crippen molar-refractivity contribution >= 4 is 0 Å². The Kier molecular flexibility index (Phi) is 2.44. The van der Waals surface area contributed by atoms with Crippen molar-refractivity contribution in [3.05, 3.63) is 35.1 Å². The molecule has 0 heterocycles. The number of hydrogen-bond acceptors (Lipinski definition) is 1. The first-order chi connectivity index (χ1) is 5.66. The van der Waals surface area contributed by atoms with Crippen molar-refractivity contribution in [1.29, 1.82) is 5.26 Å². The van der Waals surface area contributed by atoms with Gasteiger partial charge in [-0.05, 0) is 18.1 Å². The van der Waals surface area contributed by atoms with Crippen molar-refractivity contribution in [3.8, 4) is 6.07 Å². The molecule has 0 amide bonds. The molecule has 0 radical (unpaired) electrons. The van der Waals surface area contributed by atoms with E-state index < -0.39 is 0 Å². The van der Waals surface area contributed by atoms with E-state index in [1.54, 1.807) is 12.1 Å². The summed E-state index contributed by atoms with van der Waals surface area (Å²) in [5.74, 6) is -0.232. The number of benzene rings is 1. The lowest BCUT2D eigenvalue weighted by Gasteiger charge is -2.07. The van der Waals surface area contributed by atoms with Crippen molar-refractivity contribution in [3.63, 3.8) is 0 Å². The molecule has 2 heteroatoms. The molecular formula is C10H10FN. The molecule has 0 fully saturated rings. The van der Waals surface area contributed by atoms with Crippen LogP contribution >= 0.6 is 0 Å². The Morgan fingerprint density at radius 3 is 2.50 bits per heavy atom. The molecule has 0 aromatic heterocycles. The predicted molar refractivity (Wildman–Crippen MR) is 45.2 cm³/mol. The molecule has 1 aromatic rings. The SMILES string of the molecule is CC(C)c1c(F)cccc1C#N. The van der Waals surface area contributed by atoms with Crippen LogP contribution in [0.5, 0.6) is 0 Å². The topological polar surface area (TPSA) is 23.8 Å². The van der Waals surface area contributed by atoms with Gasteiger partial charge < -0.3 is 0 Å². The average molecular weight is 163 g/mol. The van der Waals surface area contributed by atoms with Gasteiger partial charge in [0.05, 0.1) is 11.6 Å². The van der Waals surface area contributed by atoms with Gasteiger partial charge in [-0.2, -0.15) is 5.26 Å². The largest absolute Gasteiger partial charge is 0.207 e. The van der Waals surface area contributed by atoms with Gasteiger partial charge in [0.1, 0.15) is 5.82 Å². The fourth-order valence-corrected chi connectivity index (χ4v) is 1.22. The Labute approximate surface area is 71.4 Å². The van der Waals surface area contributed by atoms with E-state index in [0.717, 1.165) is 0 Å². The van der Waals surface area contributed by atoms with Crippen LogP contribution in [-0.2, 0) is 0 Å². The molecule has 0 unspecified atom stereocenters. The van der Waals surface area contributed by atoms with E-state index in [-0.39, 0.29) is 11.7 Å². The lowest BCUT2D eigenvalue weighted by molar-refractivity contribution is 0.597. The standard InChI is InChI=1S/C10H10FN/c1-7(2)10-8(6-12)4-3-5-9(10)11/h3-5,7H,1-2H3. The highest BCUT2D eigenvalue weighted by Crippen LogP contribution is 2.21. The molecule has 0 aliphatic rings. The molecule has 0 saturated heterocycles. The maximum Gasteiger partial charge on any atom is 0.127 e. The summed E-state index contributed by atoms with van der Waals surface area (Å²) < 4.78 is 13.1. The first-order valence-corrected chi connectivity index (χ1v) is 3.85. The summed E-state index contributed by atoms with van der Waals surface area (Å²) in [4.78, 5) is 0. The van der Waals surface area contributed by atoms with Gasteiger partial charge in [0.15, 0.2) is 0 Å². The third-order valence-corrected chi connectivity index (χ3v) is 1.75. The fourth-order valence-electron chi connectivity index (χ4n) is 1.22. The second kappa shape index (κ2) is 3.36. The third-order valence-electron chi connectivity index (χ3n) is 1.75. The van der Waals surface area contributed by atoms with E-state index in [1.165, 1.54) is 6.07 Å². The van der Waals surface area contributed by atoms with E-state index in [2.05, 4.69) is 0 Å². The molecule has 0 aliphatic carbocycles. The van der Waals surface area contributed by atoms with Gasteiger partial charge in [0.25, 0.3) is 0 Å². The van der Waals surface area contributed by atoms with Crippen LogP contribution in [0.4, 0.5) is 4.39 Å². The van der Waals surface area contributed by atoms with Crippen LogP contribution < -0.4 is 0 Å². The maximum absolute atomic E-state index is 13.1. The van der Waals surface area contributed by atoms with Crippen LogP contribution in [0.3, 0.4) is 0 Å². The first kappa shape index (κ1) is 8.73. The second-order valence-electron chi connectivity index (χ2n) is 2.97. The van der Waals surface area contributed by atoms with E-state index in [4.69, 9.17) is 5.26 Å². The monoisotopic (exact) mass is 163 g/mol. The molecule has 1 rings (SSSR count). The van der Waals surface area contributed by atoms with Gasteiger partial charge in [-0.3, -0.25) is 0 Å². The summed E-state index contributed by atoms with van der Waals surface area (Å²) in [5, 5.41) is 8.68. The Balaban J connectivity index is 3.32. The summed E-state index contributed by atoms with van der Waals surface area (Å²) >= 11 is 0. The van der Waals surface area contributed by atoms with Crippen molar-refractivity contribution < 1.29 is 4.39 Å². The van der Waals surface area contributed by atoms with Crippen LogP contribution in [0.1, 0.15) is 30.9 Å². The molecule has 12 heavy (non-hydrogen) atoms. The lowest BCUT2D eigenvalue weighted by Crippen LogP contribution is -1.96. The van der Waals surface area contributed by atoms with E-state index in [9.17, 15) is 4.39 Å². The molecule has 0 bridgehead atoms. The van der Waals surface area contributed by atoms with Crippen molar-refractivity contribution in [1.82, 2.24) is 0 Å². The highest BCUT2D eigenvalue weighted by atomic mass is 19.1. The van der Waals surface area contributed by atoms with Gasteiger partial charge in [-0.1, -0.05) is 19.9 Å². The van der Waals surface area contributed by atoms with Crippen molar-refractivity contribution in [2.24, 2.45) is 0 Å². The molecule has 0 aliphatic heterocycles. The molecular weight excluding hydrogens is 153 g/mol. The summed E-state index contributed by atoms with van der Waals surface area (Å²) in [7, 11) is 0. The third kappa shape index (κ3) is 1.45. The van der Waals surface area contributed by atoms with Gasteiger partial charge in [0.2, 0.25) is 0 Å². The number of halogens is 1. The molecule has 1 aromatic carbocycles. The normalized spacial score (nSPS) is 9.92. The Morgan fingerprint density at radius 1 is 1.42 bits per heavy atom. The Bertz CT molecular complexity index is 323. The molecule has 1 nitrogen and oxygen atoms in total. The van der Waals surface area contributed by atoms with Crippen molar-refractivity contribution in [2.75, 3.05) is 0 Å². The van der Waals surface area contributed by atoms with Gasteiger partial charge in [-0.25, -0.2) is 4.39 Å².